The van der Waals surface area contributed by atoms with Crippen LogP contribution in [0.3, 0.4) is 0 Å². The molecule has 1 N–H and O–H groups in total. The van der Waals surface area contributed by atoms with Gasteiger partial charge in [-0.25, -0.2) is 0 Å². The highest BCUT2D eigenvalue weighted by Gasteiger charge is 2.06. The van der Waals surface area contributed by atoms with Crippen molar-refractivity contribution in [1.82, 2.24) is 20.1 Å². The van der Waals surface area contributed by atoms with Crippen LogP contribution < -0.4 is 5.32 Å². The van der Waals surface area contributed by atoms with Crippen LogP contribution in [0.4, 0.5) is 0 Å². The lowest BCUT2D eigenvalue weighted by Crippen LogP contribution is -2.38. The molecule has 0 unspecified atom stereocenters. The Kier molecular flexibility index (Phi) is 7.07. The Bertz CT molecular complexity index is 367. The molecule has 1 aromatic heterocycles. The van der Waals surface area contributed by atoms with Crippen LogP contribution in [-0.4, -0.2) is 68.0 Å². The molecule has 0 aliphatic rings. The maximum Gasteiger partial charge on any atom is 0.234 e. The van der Waals surface area contributed by atoms with Crippen LogP contribution in [0.15, 0.2) is 24.5 Å². The second-order valence-electron chi connectivity index (χ2n) is 5.00. The van der Waals surface area contributed by atoms with E-state index in [0.29, 0.717) is 13.1 Å². The normalized spacial score (nSPS) is 11.0. The minimum absolute atomic E-state index is 0.0825. The number of amides is 1. The van der Waals surface area contributed by atoms with E-state index in [1.165, 1.54) is 5.56 Å². The number of carbonyl (C=O) groups excluding carboxylic acids is 1. The predicted molar refractivity (Wildman–Crippen MR) is 77.0 cm³/mol. The van der Waals surface area contributed by atoms with E-state index in [9.17, 15) is 4.79 Å². The van der Waals surface area contributed by atoms with Gasteiger partial charge in [0.05, 0.1) is 6.54 Å². The summed E-state index contributed by atoms with van der Waals surface area (Å²) in [5.74, 6) is 0.0825. The molecule has 1 heterocycles. The fourth-order valence-electron chi connectivity index (χ4n) is 1.67. The molecule has 0 aliphatic heterocycles. The number of hydrogen-bond donors (Lipinski definition) is 1. The van der Waals surface area contributed by atoms with Crippen molar-refractivity contribution < 1.29 is 4.79 Å². The van der Waals surface area contributed by atoms with E-state index in [1.807, 2.05) is 43.1 Å². The van der Waals surface area contributed by atoms with E-state index in [4.69, 9.17) is 0 Å². The molecular weight excluding hydrogens is 240 g/mol. The zero-order valence-corrected chi connectivity index (χ0v) is 12.1. The van der Waals surface area contributed by atoms with Crippen LogP contribution in [-0.2, 0) is 11.2 Å². The number of nitrogens with one attached hydrogen (secondary N) is 1. The lowest BCUT2D eigenvalue weighted by Gasteiger charge is -2.17. The molecule has 0 fully saturated rings. The number of hydrogen-bond acceptors (Lipinski definition) is 4. The minimum Gasteiger partial charge on any atom is -0.354 e. The van der Waals surface area contributed by atoms with Gasteiger partial charge in [0, 0.05) is 32.0 Å². The first-order valence-corrected chi connectivity index (χ1v) is 6.57. The highest BCUT2D eigenvalue weighted by molar-refractivity contribution is 5.77. The largest absolute Gasteiger partial charge is 0.354 e. The first kappa shape index (κ1) is 15.6. The van der Waals surface area contributed by atoms with Gasteiger partial charge in [-0.2, -0.15) is 0 Å². The van der Waals surface area contributed by atoms with E-state index < -0.39 is 0 Å². The van der Waals surface area contributed by atoms with Crippen molar-refractivity contribution in [2.45, 2.75) is 6.42 Å². The molecule has 5 heteroatoms. The van der Waals surface area contributed by atoms with Crippen LogP contribution >= 0.6 is 0 Å². The van der Waals surface area contributed by atoms with E-state index in [0.717, 1.165) is 19.5 Å². The lowest BCUT2D eigenvalue weighted by atomic mass is 10.2. The standard InChI is InChI=1S/C14H24N4O/c1-17(2)11-9-16-14(19)12-18(3)10-6-13-4-7-15-8-5-13/h4-5,7-8H,6,9-12H2,1-3H3,(H,16,19). The fraction of sp³-hybridized carbons (Fsp3) is 0.571. The van der Waals surface area contributed by atoms with Crippen molar-refractivity contribution in [3.05, 3.63) is 30.1 Å². The van der Waals surface area contributed by atoms with Crippen molar-refractivity contribution in [3.63, 3.8) is 0 Å². The van der Waals surface area contributed by atoms with Gasteiger partial charge in [0.1, 0.15) is 0 Å². The van der Waals surface area contributed by atoms with Crippen molar-refractivity contribution >= 4 is 5.91 Å². The number of rotatable bonds is 8. The van der Waals surface area contributed by atoms with Crippen molar-refractivity contribution in [2.75, 3.05) is 47.3 Å². The first-order chi connectivity index (χ1) is 9.08. The van der Waals surface area contributed by atoms with Gasteiger partial charge in [-0.3, -0.25) is 14.7 Å². The number of pyridine rings is 1. The third kappa shape index (κ3) is 7.54. The Morgan fingerprint density at radius 2 is 1.89 bits per heavy atom. The summed E-state index contributed by atoms with van der Waals surface area (Å²) < 4.78 is 0. The van der Waals surface area contributed by atoms with Gasteiger partial charge in [0.2, 0.25) is 5.91 Å². The van der Waals surface area contributed by atoms with Gasteiger partial charge < -0.3 is 10.2 Å². The summed E-state index contributed by atoms with van der Waals surface area (Å²) >= 11 is 0. The zero-order valence-electron chi connectivity index (χ0n) is 12.1. The van der Waals surface area contributed by atoms with E-state index >= 15 is 0 Å². The van der Waals surface area contributed by atoms with Gasteiger partial charge in [-0.1, -0.05) is 0 Å². The van der Waals surface area contributed by atoms with Gasteiger partial charge in [0.25, 0.3) is 0 Å². The smallest absolute Gasteiger partial charge is 0.234 e. The van der Waals surface area contributed by atoms with Gasteiger partial charge in [-0.05, 0) is 45.3 Å². The molecule has 0 saturated heterocycles. The zero-order chi connectivity index (χ0) is 14.1. The average Bonchev–Trinajstić information content (AvgIpc) is 2.37. The van der Waals surface area contributed by atoms with Crippen LogP contribution in [0.2, 0.25) is 0 Å². The Morgan fingerprint density at radius 1 is 1.21 bits per heavy atom. The minimum atomic E-state index is 0.0825. The second-order valence-corrected chi connectivity index (χ2v) is 5.00. The van der Waals surface area contributed by atoms with Crippen LogP contribution in [0.5, 0.6) is 0 Å². The summed E-state index contributed by atoms with van der Waals surface area (Å²) in [6.45, 7) is 2.88. The quantitative estimate of drug-likeness (QED) is 0.730. The lowest BCUT2D eigenvalue weighted by molar-refractivity contribution is -0.121. The number of nitrogens with zero attached hydrogens (tertiary/aromatic N) is 3. The molecule has 1 amide bonds. The van der Waals surface area contributed by atoms with E-state index in [-0.39, 0.29) is 5.91 Å². The SMILES string of the molecule is CN(C)CCNC(=O)CN(C)CCc1ccncc1. The molecule has 0 spiro atoms. The Morgan fingerprint density at radius 3 is 2.53 bits per heavy atom. The highest BCUT2D eigenvalue weighted by Crippen LogP contribution is 1.98. The van der Waals surface area contributed by atoms with Crippen molar-refractivity contribution in [2.24, 2.45) is 0 Å². The summed E-state index contributed by atoms with van der Waals surface area (Å²) in [6, 6.07) is 4.01. The summed E-state index contributed by atoms with van der Waals surface area (Å²) in [7, 11) is 5.95. The highest BCUT2D eigenvalue weighted by atomic mass is 16.2. The third-order valence-electron chi connectivity index (χ3n) is 2.83. The summed E-state index contributed by atoms with van der Waals surface area (Å²) in [6.07, 6.45) is 4.52. The molecule has 1 rings (SSSR count). The molecule has 106 valence electrons. The molecule has 19 heavy (non-hydrogen) atoms. The molecular formula is C14H24N4O. The maximum absolute atomic E-state index is 11.7. The van der Waals surface area contributed by atoms with E-state index in [2.05, 4.69) is 10.3 Å². The molecule has 5 nitrogen and oxygen atoms in total. The third-order valence-corrected chi connectivity index (χ3v) is 2.83. The van der Waals surface area contributed by atoms with E-state index in [1.54, 1.807) is 12.4 Å². The summed E-state index contributed by atoms with van der Waals surface area (Å²) in [4.78, 5) is 19.7. The van der Waals surface area contributed by atoms with Crippen molar-refractivity contribution in [1.29, 1.82) is 0 Å². The molecule has 0 bridgehead atoms. The van der Waals surface area contributed by atoms with Gasteiger partial charge >= 0.3 is 0 Å². The molecule has 0 radical (unpaired) electrons. The fourth-order valence-corrected chi connectivity index (χ4v) is 1.67. The van der Waals surface area contributed by atoms with Crippen LogP contribution in [0, 0.1) is 0 Å². The number of aromatic nitrogens is 1. The molecule has 0 aliphatic carbocycles. The van der Waals surface area contributed by atoms with Crippen molar-refractivity contribution in [3.8, 4) is 0 Å². The van der Waals surface area contributed by atoms with Gasteiger partial charge in [0.15, 0.2) is 0 Å². The Labute approximate surface area is 115 Å². The molecule has 0 aromatic carbocycles. The predicted octanol–water partition coefficient (Wildman–Crippen LogP) is 0.234. The topological polar surface area (TPSA) is 48.5 Å². The number of carbonyl (C=O) groups is 1. The van der Waals surface area contributed by atoms with Crippen LogP contribution in [0.1, 0.15) is 5.56 Å². The molecule has 1 aromatic rings. The monoisotopic (exact) mass is 264 g/mol. The Hall–Kier alpha value is -1.46. The Balaban J connectivity index is 2.16. The van der Waals surface area contributed by atoms with Crippen LogP contribution in [0.25, 0.3) is 0 Å². The summed E-state index contributed by atoms with van der Waals surface area (Å²) in [5.41, 5.74) is 1.25. The molecule has 0 saturated carbocycles. The van der Waals surface area contributed by atoms with Gasteiger partial charge in [-0.15, -0.1) is 0 Å². The average molecular weight is 264 g/mol. The molecule has 0 atom stereocenters. The summed E-state index contributed by atoms with van der Waals surface area (Å²) in [5, 5.41) is 2.91. The first-order valence-electron chi connectivity index (χ1n) is 6.57. The second kappa shape index (κ2) is 8.61. The maximum atomic E-state index is 11.7. The number of likely N-dealkylation sites (N-methyl/N-ethyl adjacent to an activating group) is 2.